The van der Waals surface area contributed by atoms with Crippen LogP contribution in [-0.4, -0.2) is 18.3 Å². The van der Waals surface area contributed by atoms with E-state index in [0.29, 0.717) is 5.92 Å². The molecule has 1 aliphatic heterocycles. The summed E-state index contributed by atoms with van der Waals surface area (Å²) >= 11 is 0. The molecule has 0 N–H and O–H groups in total. The van der Waals surface area contributed by atoms with Crippen LogP contribution in [0.1, 0.15) is 67.7 Å². The normalized spacial score (nSPS) is 41.7. The molecule has 3 aliphatic rings. The van der Waals surface area contributed by atoms with Gasteiger partial charge in [0, 0.05) is 0 Å². The van der Waals surface area contributed by atoms with E-state index >= 15 is 4.39 Å². The van der Waals surface area contributed by atoms with Crippen molar-refractivity contribution in [1.82, 2.24) is 0 Å². The fourth-order valence-corrected chi connectivity index (χ4v) is 4.41. The van der Waals surface area contributed by atoms with Gasteiger partial charge in [-0.1, -0.05) is 20.8 Å². The van der Waals surface area contributed by atoms with Crippen LogP contribution in [0.5, 0.6) is 0 Å². The van der Waals surface area contributed by atoms with Gasteiger partial charge in [-0.15, -0.1) is 0 Å². The van der Waals surface area contributed by atoms with Gasteiger partial charge in [0.2, 0.25) is 0 Å². The average molecular weight is 294 g/mol. The molecule has 3 rings (SSSR count). The first-order valence-electron chi connectivity index (χ1n) is 8.17. The largest absolute Gasteiger partial charge is 0.525 e. The fourth-order valence-electron chi connectivity index (χ4n) is 4.41. The van der Waals surface area contributed by atoms with Crippen molar-refractivity contribution >= 4 is 7.12 Å². The summed E-state index contributed by atoms with van der Waals surface area (Å²) in [5.41, 5.74) is -0.0596. The third kappa shape index (κ3) is 1.84. The van der Waals surface area contributed by atoms with Gasteiger partial charge >= 0.3 is 7.12 Å². The Labute approximate surface area is 128 Å². The van der Waals surface area contributed by atoms with E-state index in [2.05, 4.69) is 20.8 Å². The molecule has 4 heteroatoms. The molecule has 0 amide bonds. The molecule has 1 saturated heterocycles. The van der Waals surface area contributed by atoms with Crippen LogP contribution in [0, 0.1) is 16.7 Å². The first-order chi connectivity index (χ1) is 9.42. The van der Waals surface area contributed by atoms with Gasteiger partial charge in [-0.3, -0.25) is 0 Å². The summed E-state index contributed by atoms with van der Waals surface area (Å²) < 4.78 is 27.0. The molecule has 2 nitrogen and oxygen atoms in total. The Balaban J connectivity index is 1.95. The summed E-state index contributed by atoms with van der Waals surface area (Å²) in [6.45, 7) is 14.7. The van der Waals surface area contributed by atoms with Gasteiger partial charge in [0.1, 0.15) is 5.73 Å². The molecule has 2 aliphatic carbocycles. The predicted molar refractivity (Wildman–Crippen MR) is 83.4 cm³/mol. The molecule has 2 unspecified atom stereocenters. The van der Waals surface area contributed by atoms with Gasteiger partial charge in [0.25, 0.3) is 0 Å². The van der Waals surface area contributed by atoms with Crippen molar-refractivity contribution in [1.29, 1.82) is 0 Å². The van der Waals surface area contributed by atoms with Gasteiger partial charge in [-0.25, -0.2) is 4.39 Å². The second kappa shape index (κ2) is 4.14. The van der Waals surface area contributed by atoms with Crippen molar-refractivity contribution in [2.75, 3.05) is 0 Å². The molecule has 21 heavy (non-hydrogen) atoms. The van der Waals surface area contributed by atoms with Crippen molar-refractivity contribution in [3.8, 4) is 0 Å². The van der Waals surface area contributed by atoms with E-state index in [4.69, 9.17) is 9.31 Å². The fraction of sp³-hybridized carbons (Fsp3) is 0.882. The van der Waals surface area contributed by atoms with Crippen LogP contribution in [0.2, 0.25) is 0 Å². The summed E-state index contributed by atoms with van der Waals surface area (Å²) in [7, 11) is -0.836. The molecular weight excluding hydrogens is 266 g/mol. The molecule has 0 aromatic rings. The van der Waals surface area contributed by atoms with Crippen LogP contribution in [0.4, 0.5) is 4.39 Å². The molecule has 0 spiro atoms. The molecule has 118 valence electrons. The van der Waals surface area contributed by atoms with E-state index < -0.39 is 18.3 Å². The van der Waals surface area contributed by atoms with Gasteiger partial charge in [-0.2, -0.15) is 0 Å². The van der Waals surface area contributed by atoms with Crippen LogP contribution < -0.4 is 0 Å². The SMILES string of the molecule is CC1(C)OB(C(F)=C2CC3CCC2(C)C3(C)C)OC1(C)C. The minimum atomic E-state index is -0.836. The van der Waals surface area contributed by atoms with E-state index in [9.17, 15) is 0 Å². The summed E-state index contributed by atoms with van der Waals surface area (Å²) in [6.07, 6.45) is 3.15. The standard InChI is InChI=1S/C17H28BFO2/c1-14(2)11-8-9-17(14,7)12(10-11)13(19)18-20-15(3,4)16(5,6)21-18/h11H,8-10H2,1-7H3. The quantitative estimate of drug-likeness (QED) is 0.653. The maximum Gasteiger partial charge on any atom is 0.525 e. The monoisotopic (exact) mass is 294 g/mol. The zero-order valence-corrected chi connectivity index (χ0v) is 14.5. The summed E-state index contributed by atoms with van der Waals surface area (Å²) in [5, 5.41) is 0. The van der Waals surface area contributed by atoms with Crippen molar-refractivity contribution in [2.24, 2.45) is 16.7 Å². The Morgan fingerprint density at radius 3 is 1.95 bits per heavy atom. The van der Waals surface area contributed by atoms with Crippen LogP contribution in [-0.2, 0) is 9.31 Å². The molecule has 2 bridgehead atoms. The van der Waals surface area contributed by atoms with E-state index in [0.717, 1.165) is 18.4 Å². The number of hydrogen-bond acceptors (Lipinski definition) is 2. The Morgan fingerprint density at radius 1 is 1.05 bits per heavy atom. The van der Waals surface area contributed by atoms with Gasteiger partial charge in [-0.05, 0) is 69.3 Å². The molecule has 2 saturated carbocycles. The molecule has 3 fully saturated rings. The molecule has 1 heterocycles. The highest BCUT2D eigenvalue weighted by Crippen LogP contribution is 2.68. The minimum absolute atomic E-state index is 0.0503. The first-order valence-corrected chi connectivity index (χ1v) is 8.17. The maximum atomic E-state index is 15.2. The second-order valence-corrected chi connectivity index (χ2v) is 8.91. The third-order valence-corrected chi connectivity index (χ3v) is 7.30. The predicted octanol–water partition coefficient (Wildman–Crippen LogP) is 4.69. The molecular formula is C17H28BFO2. The van der Waals surface area contributed by atoms with Gasteiger partial charge in [0.15, 0.2) is 0 Å². The third-order valence-electron chi connectivity index (χ3n) is 7.30. The average Bonchev–Trinajstić information content (AvgIpc) is 2.78. The summed E-state index contributed by atoms with van der Waals surface area (Å²) in [6, 6.07) is 0. The number of fused-ring (bicyclic) bond motifs is 2. The molecule has 0 aromatic carbocycles. The second-order valence-electron chi connectivity index (χ2n) is 8.91. The number of hydrogen-bond donors (Lipinski definition) is 0. The lowest BCUT2D eigenvalue weighted by Crippen LogP contribution is -2.41. The van der Waals surface area contributed by atoms with Crippen molar-refractivity contribution in [3.05, 3.63) is 11.3 Å². The Morgan fingerprint density at radius 2 is 1.57 bits per heavy atom. The minimum Gasteiger partial charge on any atom is -0.398 e. The lowest BCUT2D eigenvalue weighted by Gasteiger charge is -2.36. The zero-order chi connectivity index (χ0) is 15.8. The number of halogens is 1. The van der Waals surface area contributed by atoms with E-state index in [1.54, 1.807) is 0 Å². The van der Waals surface area contributed by atoms with Crippen molar-refractivity contribution in [2.45, 2.75) is 78.9 Å². The Bertz CT molecular complexity index is 493. The Hall–Kier alpha value is -0.345. The lowest BCUT2D eigenvalue weighted by atomic mass is 9.66. The topological polar surface area (TPSA) is 18.5 Å². The first kappa shape index (κ1) is 15.5. The van der Waals surface area contributed by atoms with Crippen molar-refractivity contribution < 1.29 is 13.7 Å². The lowest BCUT2D eigenvalue weighted by molar-refractivity contribution is 0.00578. The van der Waals surface area contributed by atoms with Gasteiger partial charge in [0.05, 0.1) is 11.2 Å². The zero-order valence-electron chi connectivity index (χ0n) is 14.5. The van der Waals surface area contributed by atoms with Gasteiger partial charge < -0.3 is 9.31 Å². The smallest absolute Gasteiger partial charge is 0.398 e. The van der Waals surface area contributed by atoms with E-state index in [1.165, 1.54) is 6.42 Å². The maximum absolute atomic E-state index is 15.2. The molecule has 0 aromatic heterocycles. The van der Waals surface area contributed by atoms with E-state index in [1.807, 2.05) is 27.7 Å². The van der Waals surface area contributed by atoms with Crippen molar-refractivity contribution in [3.63, 3.8) is 0 Å². The summed E-state index contributed by atoms with van der Waals surface area (Å²) in [4.78, 5) is 0. The van der Waals surface area contributed by atoms with Crippen LogP contribution in [0.15, 0.2) is 11.3 Å². The highest BCUT2D eigenvalue weighted by Gasteiger charge is 2.62. The van der Waals surface area contributed by atoms with E-state index in [-0.39, 0.29) is 16.6 Å². The summed E-state index contributed by atoms with van der Waals surface area (Å²) in [5.74, 6) is 0.589. The highest BCUT2D eigenvalue weighted by molar-refractivity contribution is 6.53. The molecule has 2 atom stereocenters. The highest BCUT2D eigenvalue weighted by atomic mass is 19.1. The number of allylic oxidation sites excluding steroid dienone is 1. The van der Waals surface area contributed by atoms with Crippen LogP contribution >= 0.6 is 0 Å². The molecule has 0 radical (unpaired) electrons. The van der Waals surface area contributed by atoms with Crippen LogP contribution in [0.25, 0.3) is 0 Å². The number of rotatable bonds is 1. The van der Waals surface area contributed by atoms with Crippen LogP contribution in [0.3, 0.4) is 0 Å². The Kier molecular flexibility index (Phi) is 3.06.